The topological polar surface area (TPSA) is 64.6 Å². The van der Waals surface area contributed by atoms with Crippen molar-refractivity contribution in [3.63, 3.8) is 0 Å². The number of carbonyl (C=O) groups is 2. The second-order valence-electron chi connectivity index (χ2n) is 5.08. The zero-order chi connectivity index (χ0) is 13.1. The summed E-state index contributed by atoms with van der Waals surface area (Å²) in [6.07, 6.45) is 3.94. The molecule has 0 spiro atoms. The number of esters is 1. The molecule has 0 aromatic carbocycles. The van der Waals surface area contributed by atoms with Crippen LogP contribution < -0.4 is 5.32 Å². The summed E-state index contributed by atoms with van der Waals surface area (Å²) in [5.74, 6) is -0.451. The summed E-state index contributed by atoms with van der Waals surface area (Å²) >= 11 is 0. The van der Waals surface area contributed by atoms with E-state index in [1.807, 2.05) is 12.2 Å². The Balaban J connectivity index is 2.69. The maximum absolute atomic E-state index is 11.7. The van der Waals surface area contributed by atoms with Crippen molar-refractivity contribution in [2.45, 2.75) is 44.8 Å². The fourth-order valence-electron chi connectivity index (χ4n) is 1.67. The van der Waals surface area contributed by atoms with Gasteiger partial charge in [0, 0.05) is 0 Å². The van der Waals surface area contributed by atoms with Crippen molar-refractivity contribution in [3.05, 3.63) is 12.2 Å². The molecule has 0 atom stereocenters. The molecule has 5 heteroatoms. The number of methoxy groups -OCH3 is 1. The predicted molar refractivity (Wildman–Crippen MR) is 62.5 cm³/mol. The van der Waals surface area contributed by atoms with Gasteiger partial charge in [0.1, 0.15) is 11.1 Å². The van der Waals surface area contributed by atoms with Crippen molar-refractivity contribution in [3.8, 4) is 0 Å². The van der Waals surface area contributed by atoms with E-state index < -0.39 is 23.2 Å². The van der Waals surface area contributed by atoms with E-state index in [4.69, 9.17) is 9.47 Å². The largest absolute Gasteiger partial charge is 0.467 e. The molecule has 0 unspecified atom stereocenters. The van der Waals surface area contributed by atoms with Gasteiger partial charge in [-0.3, -0.25) is 0 Å². The summed E-state index contributed by atoms with van der Waals surface area (Å²) in [6, 6.07) is 0. The van der Waals surface area contributed by atoms with Crippen LogP contribution in [0, 0.1) is 0 Å². The maximum atomic E-state index is 11.7. The van der Waals surface area contributed by atoms with Crippen LogP contribution in [0.1, 0.15) is 33.6 Å². The van der Waals surface area contributed by atoms with Crippen LogP contribution in [0.2, 0.25) is 0 Å². The van der Waals surface area contributed by atoms with Gasteiger partial charge in [-0.15, -0.1) is 0 Å². The molecule has 1 aliphatic rings. The van der Waals surface area contributed by atoms with Crippen LogP contribution in [0.15, 0.2) is 12.2 Å². The van der Waals surface area contributed by atoms with E-state index in [9.17, 15) is 9.59 Å². The Kier molecular flexibility index (Phi) is 3.80. The Morgan fingerprint density at radius 2 is 1.76 bits per heavy atom. The lowest BCUT2D eigenvalue weighted by atomic mass is 9.97. The van der Waals surface area contributed by atoms with Crippen LogP contribution >= 0.6 is 0 Å². The monoisotopic (exact) mass is 241 g/mol. The third kappa shape index (κ3) is 3.47. The Morgan fingerprint density at radius 1 is 1.24 bits per heavy atom. The molecule has 1 amide bonds. The molecule has 1 rings (SSSR count). The summed E-state index contributed by atoms with van der Waals surface area (Å²) in [4.78, 5) is 23.4. The lowest BCUT2D eigenvalue weighted by molar-refractivity contribution is -0.148. The van der Waals surface area contributed by atoms with Crippen LogP contribution in [-0.2, 0) is 14.3 Å². The van der Waals surface area contributed by atoms with Crippen LogP contribution in [-0.4, -0.2) is 30.3 Å². The molecule has 0 heterocycles. The first-order valence-electron chi connectivity index (χ1n) is 5.54. The van der Waals surface area contributed by atoms with Crippen LogP contribution in [0.5, 0.6) is 0 Å². The zero-order valence-electron chi connectivity index (χ0n) is 10.7. The molecule has 1 N–H and O–H groups in total. The van der Waals surface area contributed by atoms with Crippen LogP contribution in [0.25, 0.3) is 0 Å². The van der Waals surface area contributed by atoms with Crippen LogP contribution in [0.4, 0.5) is 4.79 Å². The third-order valence-corrected chi connectivity index (χ3v) is 2.42. The Hall–Kier alpha value is -1.52. The van der Waals surface area contributed by atoms with E-state index >= 15 is 0 Å². The zero-order valence-corrected chi connectivity index (χ0v) is 10.7. The summed E-state index contributed by atoms with van der Waals surface area (Å²) in [5, 5.41) is 2.60. The predicted octanol–water partition coefficient (Wildman–Crippen LogP) is 1.77. The Labute approximate surface area is 101 Å². The standard InChI is InChI=1S/C12H19NO4/c1-11(2,3)17-10(15)13-12(9(14)16-4)7-5-6-8-12/h5-6H,7-8H2,1-4H3,(H,13,15). The number of alkyl carbamates (subject to hydrolysis) is 1. The van der Waals surface area contributed by atoms with Gasteiger partial charge >= 0.3 is 12.1 Å². The van der Waals surface area contributed by atoms with Gasteiger partial charge in [-0.2, -0.15) is 0 Å². The molecule has 1 aliphatic carbocycles. The average Bonchev–Trinajstić information content (AvgIpc) is 2.63. The molecule has 0 saturated carbocycles. The van der Waals surface area contributed by atoms with Gasteiger partial charge in [-0.05, 0) is 33.6 Å². The Morgan fingerprint density at radius 3 is 2.18 bits per heavy atom. The molecular formula is C12H19NO4. The highest BCUT2D eigenvalue weighted by Gasteiger charge is 2.42. The SMILES string of the molecule is COC(=O)C1(NC(=O)OC(C)(C)C)CC=CC1. The smallest absolute Gasteiger partial charge is 0.408 e. The lowest BCUT2D eigenvalue weighted by Crippen LogP contribution is -2.54. The molecule has 96 valence electrons. The van der Waals surface area contributed by atoms with Gasteiger partial charge in [0.15, 0.2) is 0 Å². The third-order valence-electron chi connectivity index (χ3n) is 2.42. The lowest BCUT2D eigenvalue weighted by Gasteiger charge is -2.29. The molecule has 0 aliphatic heterocycles. The molecule has 17 heavy (non-hydrogen) atoms. The number of hydrogen-bond donors (Lipinski definition) is 1. The van der Waals surface area contributed by atoms with Crippen molar-refractivity contribution in [2.75, 3.05) is 7.11 Å². The van der Waals surface area contributed by atoms with E-state index in [2.05, 4.69) is 5.32 Å². The van der Waals surface area contributed by atoms with Gasteiger partial charge in [0.2, 0.25) is 0 Å². The highest BCUT2D eigenvalue weighted by atomic mass is 16.6. The van der Waals surface area contributed by atoms with Gasteiger partial charge < -0.3 is 14.8 Å². The number of hydrogen-bond acceptors (Lipinski definition) is 4. The highest BCUT2D eigenvalue weighted by molar-refractivity contribution is 5.86. The fraction of sp³-hybridized carbons (Fsp3) is 0.667. The molecule has 0 aromatic rings. The normalized spacial score (nSPS) is 17.6. The average molecular weight is 241 g/mol. The van der Waals surface area contributed by atoms with Crippen molar-refractivity contribution in [1.82, 2.24) is 5.32 Å². The summed E-state index contributed by atoms with van der Waals surface area (Å²) < 4.78 is 9.85. The van der Waals surface area contributed by atoms with E-state index in [1.54, 1.807) is 20.8 Å². The molecule has 0 bridgehead atoms. The minimum Gasteiger partial charge on any atom is -0.467 e. The molecule has 0 fully saturated rings. The number of ether oxygens (including phenoxy) is 2. The first-order valence-corrected chi connectivity index (χ1v) is 5.54. The van der Waals surface area contributed by atoms with E-state index in [1.165, 1.54) is 7.11 Å². The minimum absolute atomic E-state index is 0.429. The second-order valence-corrected chi connectivity index (χ2v) is 5.08. The van der Waals surface area contributed by atoms with Gasteiger partial charge in [0.05, 0.1) is 7.11 Å². The number of rotatable bonds is 2. The van der Waals surface area contributed by atoms with Gasteiger partial charge in [0.25, 0.3) is 0 Å². The molecule has 0 saturated heterocycles. The van der Waals surface area contributed by atoms with Crippen molar-refractivity contribution in [1.29, 1.82) is 0 Å². The number of carbonyl (C=O) groups excluding carboxylic acids is 2. The molecule has 0 aromatic heterocycles. The first-order chi connectivity index (χ1) is 7.79. The summed E-state index contributed by atoms with van der Waals surface area (Å²) in [6.45, 7) is 5.30. The van der Waals surface area contributed by atoms with Crippen molar-refractivity contribution < 1.29 is 19.1 Å². The molecule has 0 radical (unpaired) electrons. The maximum Gasteiger partial charge on any atom is 0.408 e. The number of nitrogens with one attached hydrogen (secondary N) is 1. The minimum atomic E-state index is -1.00. The van der Waals surface area contributed by atoms with E-state index in [-0.39, 0.29) is 0 Å². The first kappa shape index (κ1) is 13.5. The van der Waals surface area contributed by atoms with Gasteiger partial charge in [-0.25, -0.2) is 9.59 Å². The van der Waals surface area contributed by atoms with Gasteiger partial charge in [-0.1, -0.05) is 12.2 Å². The van der Waals surface area contributed by atoms with E-state index in [0.29, 0.717) is 12.8 Å². The summed E-state index contributed by atoms with van der Waals surface area (Å²) in [5.41, 5.74) is -1.59. The summed E-state index contributed by atoms with van der Waals surface area (Å²) in [7, 11) is 1.30. The number of amides is 1. The van der Waals surface area contributed by atoms with E-state index in [0.717, 1.165) is 0 Å². The molecular weight excluding hydrogens is 222 g/mol. The molecule has 5 nitrogen and oxygen atoms in total. The fourth-order valence-corrected chi connectivity index (χ4v) is 1.67. The Bertz CT molecular complexity index is 333. The second kappa shape index (κ2) is 4.77. The van der Waals surface area contributed by atoms with Crippen LogP contribution in [0.3, 0.4) is 0 Å². The van der Waals surface area contributed by atoms with Crippen molar-refractivity contribution in [2.24, 2.45) is 0 Å². The van der Waals surface area contributed by atoms with Crippen molar-refractivity contribution >= 4 is 12.1 Å². The highest BCUT2D eigenvalue weighted by Crippen LogP contribution is 2.25. The quantitative estimate of drug-likeness (QED) is 0.591.